The van der Waals surface area contributed by atoms with Gasteiger partial charge in [-0.25, -0.2) is 0 Å². The monoisotopic (exact) mass is 263 g/mol. The summed E-state index contributed by atoms with van der Waals surface area (Å²) in [6.45, 7) is 0.367. The molecule has 2 rings (SSSR count). The molecule has 18 heavy (non-hydrogen) atoms. The Labute approximate surface area is 111 Å². The third kappa shape index (κ3) is 3.45. The number of benzene rings is 1. The fraction of sp³-hybridized carbons (Fsp3) is 0.214. The molecule has 0 fully saturated rings. The molecule has 0 bridgehead atoms. The van der Waals surface area contributed by atoms with E-state index in [0.717, 1.165) is 5.69 Å². The van der Waals surface area contributed by atoms with Crippen molar-refractivity contribution in [2.45, 2.75) is 5.92 Å². The van der Waals surface area contributed by atoms with Crippen molar-refractivity contribution in [3.63, 3.8) is 0 Å². The van der Waals surface area contributed by atoms with E-state index in [4.69, 9.17) is 16.3 Å². The third-order valence-electron chi connectivity index (χ3n) is 2.57. The first kappa shape index (κ1) is 12.9. The molecule has 1 aromatic heterocycles. The number of halogens is 1. The first-order valence-corrected chi connectivity index (χ1v) is 6.07. The lowest BCUT2D eigenvalue weighted by molar-refractivity contribution is 0.203. The zero-order chi connectivity index (χ0) is 12.8. The van der Waals surface area contributed by atoms with Crippen LogP contribution in [0.25, 0.3) is 0 Å². The number of aliphatic hydroxyl groups excluding tert-OH is 1. The van der Waals surface area contributed by atoms with Crippen molar-refractivity contribution in [3.8, 4) is 5.75 Å². The van der Waals surface area contributed by atoms with Gasteiger partial charge in [0.05, 0.1) is 19.1 Å². The lowest BCUT2D eigenvalue weighted by Gasteiger charge is -2.14. The summed E-state index contributed by atoms with van der Waals surface area (Å²) in [7, 11) is 0. The Hall–Kier alpha value is -1.58. The lowest BCUT2D eigenvalue weighted by Crippen LogP contribution is -2.15. The van der Waals surface area contributed by atoms with Gasteiger partial charge in [-0.05, 0) is 30.3 Å². The van der Waals surface area contributed by atoms with E-state index < -0.39 is 0 Å². The summed E-state index contributed by atoms with van der Waals surface area (Å²) in [5.41, 5.74) is 0.821. The van der Waals surface area contributed by atoms with Gasteiger partial charge in [0, 0.05) is 16.9 Å². The Balaban J connectivity index is 2.00. The molecule has 1 unspecified atom stereocenters. The number of nitrogens with zero attached hydrogens (tertiary/aromatic N) is 1. The Kier molecular flexibility index (Phi) is 4.56. The second-order valence-electron chi connectivity index (χ2n) is 3.90. The number of rotatable bonds is 5. The first-order valence-electron chi connectivity index (χ1n) is 5.70. The highest BCUT2D eigenvalue weighted by Crippen LogP contribution is 2.19. The molecule has 3 nitrogen and oxygen atoms in total. The van der Waals surface area contributed by atoms with Gasteiger partial charge in [-0.15, -0.1) is 0 Å². The van der Waals surface area contributed by atoms with Crippen LogP contribution in [0.4, 0.5) is 0 Å². The van der Waals surface area contributed by atoms with Crippen molar-refractivity contribution in [2.24, 2.45) is 0 Å². The van der Waals surface area contributed by atoms with Crippen molar-refractivity contribution < 1.29 is 9.84 Å². The number of pyridine rings is 1. The zero-order valence-corrected chi connectivity index (χ0v) is 10.5. The van der Waals surface area contributed by atoms with Crippen LogP contribution in [0.3, 0.4) is 0 Å². The summed E-state index contributed by atoms with van der Waals surface area (Å²) in [6, 6.07) is 12.8. The average molecular weight is 264 g/mol. The molecule has 0 aliphatic rings. The average Bonchev–Trinajstić information content (AvgIpc) is 2.41. The number of ether oxygens (including phenoxy) is 1. The van der Waals surface area contributed by atoms with Crippen molar-refractivity contribution in [2.75, 3.05) is 13.2 Å². The normalized spacial score (nSPS) is 12.1. The maximum Gasteiger partial charge on any atom is 0.120 e. The summed E-state index contributed by atoms with van der Waals surface area (Å²) in [5, 5.41) is 10.00. The van der Waals surface area contributed by atoms with Crippen LogP contribution >= 0.6 is 11.6 Å². The van der Waals surface area contributed by atoms with Gasteiger partial charge >= 0.3 is 0 Å². The highest BCUT2D eigenvalue weighted by Gasteiger charge is 2.12. The first-order chi connectivity index (χ1) is 8.79. The van der Waals surface area contributed by atoms with Gasteiger partial charge < -0.3 is 9.84 Å². The van der Waals surface area contributed by atoms with Crippen LogP contribution in [0.5, 0.6) is 5.75 Å². The van der Waals surface area contributed by atoms with Crippen LogP contribution in [0.15, 0.2) is 48.7 Å². The molecule has 1 heterocycles. The molecular weight excluding hydrogens is 250 g/mol. The standard InChI is InChI=1S/C14H14ClNO2/c15-12-4-3-5-13(8-12)18-10-11(9-17)14-6-1-2-7-16-14/h1-8,11,17H,9-10H2. The quantitative estimate of drug-likeness (QED) is 0.902. The summed E-state index contributed by atoms with van der Waals surface area (Å²) in [4.78, 5) is 4.21. The maximum atomic E-state index is 9.37. The van der Waals surface area contributed by atoms with E-state index in [-0.39, 0.29) is 12.5 Å². The second kappa shape index (κ2) is 6.38. The minimum absolute atomic E-state index is 0.00240. The van der Waals surface area contributed by atoms with Gasteiger partial charge in [0.1, 0.15) is 5.75 Å². The van der Waals surface area contributed by atoms with Gasteiger partial charge in [0.15, 0.2) is 0 Å². The van der Waals surface area contributed by atoms with E-state index in [1.54, 1.807) is 18.3 Å². The lowest BCUT2D eigenvalue weighted by atomic mass is 10.1. The predicted molar refractivity (Wildman–Crippen MR) is 71.0 cm³/mol. The second-order valence-corrected chi connectivity index (χ2v) is 4.34. The Bertz CT molecular complexity index is 490. The van der Waals surface area contributed by atoms with Crippen molar-refractivity contribution in [1.82, 2.24) is 4.98 Å². The van der Waals surface area contributed by atoms with Crippen LogP contribution in [0.2, 0.25) is 5.02 Å². The highest BCUT2D eigenvalue weighted by atomic mass is 35.5. The van der Waals surface area contributed by atoms with Gasteiger partial charge in [-0.1, -0.05) is 23.7 Å². The molecule has 94 valence electrons. The maximum absolute atomic E-state index is 9.37. The SMILES string of the molecule is OCC(COc1cccc(Cl)c1)c1ccccn1. The molecule has 0 radical (unpaired) electrons. The fourth-order valence-electron chi connectivity index (χ4n) is 1.60. The van der Waals surface area contributed by atoms with Crippen molar-refractivity contribution in [3.05, 3.63) is 59.4 Å². The largest absolute Gasteiger partial charge is 0.493 e. The molecule has 1 aromatic carbocycles. The molecule has 0 spiro atoms. The van der Waals surface area contributed by atoms with E-state index in [1.165, 1.54) is 0 Å². The van der Waals surface area contributed by atoms with Crippen LogP contribution < -0.4 is 4.74 Å². The zero-order valence-electron chi connectivity index (χ0n) is 9.79. The van der Waals surface area contributed by atoms with Crippen LogP contribution in [0.1, 0.15) is 11.6 Å². The summed E-state index contributed by atoms with van der Waals surface area (Å²) in [5.74, 6) is 0.557. The topological polar surface area (TPSA) is 42.4 Å². The predicted octanol–water partition coefficient (Wildman–Crippen LogP) is 2.89. The Morgan fingerprint density at radius 2 is 2.11 bits per heavy atom. The van der Waals surface area contributed by atoms with E-state index >= 15 is 0 Å². The van der Waals surface area contributed by atoms with E-state index in [1.807, 2.05) is 30.3 Å². The summed E-state index contributed by atoms with van der Waals surface area (Å²) in [6.07, 6.45) is 1.71. The number of aliphatic hydroxyl groups is 1. The Morgan fingerprint density at radius 1 is 1.22 bits per heavy atom. The number of hydrogen-bond acceptors (Lipinski definition) is 3. The van der Waals surface area contributed by atoms with Crippen LogP contribution in [0, 0.1) is 0 Å². The fourth-order valence-corrected chi connectivity index (χ4v) is 1.78. The molecule has 0 amide bonds. The minimum atomic E-state index is -0.134. The molecule has 1 N–H and O–H groups in total. The molecular formula is C14H14ClNO2. The Morgan fingerprint density at radius 3 is 2.78 bits per heavy atom. The highest BCUT2D eigenvalue weighted by molar-refractivity contribution is 6.30. The molecule has 0 aliphatic carbocycles. The third-order valence-corrected chi connectivity index (χ3v) is 2.81. The van der Waals surface area contributed by atoms with Crippen molar-refractivity contribution >= 4 is 11.6 Å². The minimum Gasteiger partial charge on any atom is -0.493 e. The van der Waals surface area contributed by atoms with Gasteiger partial charge in [-0.3, -0.25) is 4.98 Å². The molecule has 0 saturated carbocycles. The van der Waals surface area contributed by atoms with Crippen LogP contribution in [-0.4, -0.2) is 23.3 Å². The van der Waals surface area contributed by atoms with E-state index in [2.05, 4.69) is 4.98 Å². The summed E-state index contributed by atoms with van der Waals surface area (Å²) >= 11 is 5.87. The van der Waals surface area contributed by atoms with Gasteiger partial charge in [0.2, 0.25) is 0 Å². The number of hydrogen-bond donors (Lipinski definition) is 1. The molecule has 0 saturated heterocycles. The van der Waals surface area contributed by atoms with Gasteiger partial charge in [-0.2, -0.15) is 0 Å². The molecule has 2 aromatic rings. The van der Waals surface area contributed by atoms with E-state index in [9.17, 15) is 5.11 Å². The molecule has 1 atom stereocenters. The van der Waals surface area contributed by atoms with Crippen molar-refractivity contribution in [1.29, 1.82) is 0 Å². The molecule has 0 aliphatic heterocycles. The van der Waals surface area contributed by atoms with Crippen LogP contribution in [-0.2, 0) is 0 Å². The number of aromatic nitrogens is 1. The van der Waals surface area contributed by atoms with E-state index in [0.29, 0.717) is 17.4 Å². The smallest absolute Gasteiger partial charge is 0.120 e. The summed E-state index contributed by atoms with van der Waals surface area (Å²) < 4.78 is 5.61. The van der Waals surface area contributed by atoms with Gasteiger partial charge in [0.25, 0.3) is 0 Å². The molecule has 4 heteroatoms.